The molecule has 10 nitrogen and oxygen atoms in total. The molecule has 3 N–H and O–H groups in total. The molecule has 0 rings (SSSR count). The van der Waals surface area contributed by atoms with E-state index < -0.39 is 12.2 Å². The Morgan fingerprint density at radius 3 is 1.36 bits per heavy atom. The second-order valence-corrected chi connectivity index (χ2v) is 10.9. The fourth-order valence-electron chi connectivity index (χ4n) is 4.25. The molecule has 0 saturated carbocycles. The molecule has 0 heterocycles. The summed E-state index contributed by atoms with van der Waals surface area (Å²) < 4.78 is 31.8. The molecule has 0 aromatic carbocycles. The van der Waals surface area contributed by atoms with Gasteiger partial charge in [0.1, 0.15) is 18.8 Å². The minimum Gasteiger partial charge on any atom is -0.463 e. The van der Waals surface area contributed by atoms with E-state index in [4.69, 9.17) is 38.6 Å². The van der Waals surface area contributed by atoms with E-state index >= 15 is 0 Å². The third kappa shape index (κ3) is 33.6. The van der Waals surface area contributed by atoms with Gasteiger partial charge in [0.05, 0.1) is 72.7 Å². The highest BCUT2D eigenvalue weighted by atomic mass is 16.6. The summed E-state index contributed by atoms with van der Waals surface area (Å²) in [6.07, 6.45) is 18.4. The third-order valence-corrected chi connectivity index (χ3v) is 6.73. The molecule has 0 fully saturated rings. The molecule has 10 heteroatoms. The van der Waals surface area contributed by atoms with Gasteiger partial charge < -0.3 is 43.7 Å². The van der Waals surface area contributed by atoms with Gasteiger partial charge in [0, 0.05) is 6.42 Å². The summed E-state index contributed by atoms with van der Waals surface area (Å²) in [6, 6.07) is 0. The van der Waals surface area contributed by atoms with E-state index in [2.05, 4.69) is 6.92 Å². The number of carbonyl (C=O) groups is 1. The number of aliphatic hydroxyl groups is 3. The predicted octanol–water partition coefficient (Wildman–Crippen LogP) is 4.59. The quantitative estimate of drug-likeness (QED) is 0.0693. The van der Waals surface area contributed by atoms with Crippen molar-refractivity contribution in [2.45, 2.75) is 122 Å². The lowest BCUT2D eigenvalue weighted by Gasteiger charge is -2.13. The topological polar surface area (TPSA) is 133 Å². The van der Waals surface area contributed by atoms with Crippen LogP contribution >= 0.6 is 0 Å². The molecule has 42 heavy (non-hydrogen) atoms. The average Bonchev–Trinajstić information content (AvgIpc) is 2.99. The minimum absolute atomic E-state index is 0.0236. The first-order chi connectivity index (χ1) is 20.6. The minimum atomic E-state index is -0.941. The van der Waals surface area contributed by atoms with Crippen molar-refractivity contribution in [1.29, 1.82) is 0 Å². The maximum Gasteiger partial charge on any atom is 0.305 e. The Morgan fingerprint density at radius 2 is 0.881 bits per heavy atom. The smallest absolute Gasteiger partial charge is 0.305 e. The largest absolute Gasteiger partial charge is 0.463 e. The Labute approximate surface area is 255 Å². The fourth-order valence-corrected chi connectivity index (χ4v) is 4.25. The van der Waals surface area contributed by atoms with Gasteiger partial charge in [-0.15, -0.1) is 0 Å². The molecule has 0 aromatic heterocycles. The molecular formula is C32H64O10. The number of esters is 1. The van der Waals surface area contributed by atoms with E-state index in [1.807, 2.05) is 0 Å². The number of unbranched alkanes of at least 4 members (excludes halogenated alkanes) is 14. The van der Waals surface area contributed by atoms with Crippen molar-refractivity contribution >= 4 is 5.97 Å². The van der Waals surface area contributed by atoms with Crippen LogP contribution in [0.1, 0.15) is 110 Å². The van der Waals surface area contributed by atoms with Gasteiger partial charge in [-0.1, -0.05) is 96.8 Å². The zero-order valence-electron chi connectivity index (χ0n) is 26.7. The summed E-state index contributed by atoms with van der Waals surface area (Å²) in [4.78, 5) is 11.8. The van der Waals surface area contributed by atoms with Crippen molar-refractivity contribution in [3.63, 3.8) is 0 Å². The average molecular weight is 609 g/mol. The summed E-state index contributed by atoms with van der Waals surface area (Å²) in [5.41, 5.74) is 0. The first kappa shape index (κ1) is 41.1. The van der Waals surface area contributed by atoms with Gasteiger partial charge >= 0.3 is 5.97 Å². The summed E-state index contributed by atoms with van der Waals surface area (Å²) >= 11 is 0. The molecular weight excluding hydrogens is 544 g/mol. The summed E-state index contributed by atoms with van der Waals surface area (Å²) in [6.45, 7) is 5.03. The van der Waals surface area contributed by atoms with Crippen LogP contribution < -0.4 is 0 Å². The Hall–Kier alpha value is -0.850. The van der Waals surface area contributed by atoms with Crippen molar-refractivity contribution in [1.82, 2.24) is 0 Å². The molecule has 0 aromatic rings. The fraction of sp³-hybridized carbons (Fsp3) is 0.969. The zero-order chi connectivity index (χ0) is 30.8. The monoisotopic (exact) mass is 608 g/mol. The van der Waals surface area contributed by atoms with Crippen LogP contribution in [0.3, 0.4) is 0 Å². The van der Waals surface area contributed by atoms with Gasteiger partial charge in [-0.05, 0) is 6.42 Å². The predicted molar refractivity (Wildman–Crippen MR) is 164 cm³/mol. The molecule has 0 aliphatic carbocycles. The highest BCUT2D eigenvalue weighted by molar-refractivity contribution is 5.69. The zero-order valence-corrected chi connectivity index (χ0v) is 26.7. The molecule has 0 amide bonds. The number of aliphatic hydroxyl groups excluding tert-OH is 3. The van der Waals surface area contributed by atoms with E-state index in [9.17, 15) is 9.90 Å². The molecule has 0 spiro atoms. The molecule has 0 aliphatic heterocycles. The second kappa shape index (κ2) is 34.6. The molecule has 2 unspecified atom stereocenters. The Balaban J connectivity index is 3.21. The number of ether oxygens (including phenoxy) is 6. The second-order valence-electron chi connectivity index (χ2n) is 10.9. The lowest BCUT2D eigenvalue weighted by atomic mass is 10.0. The highest BCUT2D eigenvalue weighted by Gasteiger charge is 2.07. The standard InChI is InChI=1S/C32H64O10/c1-2-3-4-5-6-7-8-9-10-11-12-13-14-15-16-17-32(36)42-25-24-39-21-20-37-18-19-38-22-23-40-28-31(35)29-41-27-30(34)26-33/h30-31,33-35H,2-29H2,1H3. The van der Waals surface area contributed by atoms with Crippen LogP contribution in [-0.4, -0.2) is 113 Å². The number of hydrogen-bond donors (Lipinski definition) is 3. The Morgan fingerprint density at radius 1 is 0.500 bits per heavy atom. The van der Waals surface area contributed by atoms with Crippen LogP contribution in [0.15, 0.2) is 0 Å². The van der Waals surface area contributed by atoms with Gasteiger partial charge in [0.25, 0.3) is 0 Å². The van der Waals surface area contributed by atoms with Gasteiger partial charge in [-0.3, -0.25) is 4.79 Å². The van der Waals surface area contributed by atoms with Crippen molar-refractivity contribution in [3.8, 4) is 0 Å². The van der Waals surface area contributed by atoms with Crippen LogP contribution in [0.25, 0.3) is 0 Å². The summed E-state index contributed by atoms with van der Waals surface area (Å²) in [5.74, 6) is -0.147. The van der Waals surface area contributed by atoms with Crippen molar-refractivity contribution in [2.75, 3.05) is 79.3 Å². The summed E-state index contributed by atoms with van der Waals surface area (Å²) in [7, 11) is 0. The van der Waals surface area contributed by atoms with Crippen LogP contribution in [-0.2, 0) is 33.2 Å². The SMILES string of the molecule is CCCCCCCCCCCCCCCCCC(=O)OCCOCCOCCOCCOCC(O)COCC(O)CO. The van der Waals surface area contributed by atoms with Crippen molar-refractivity contribution in [2.24, 2.45) is 0 Å². The molecule has 0 saturated heterocycles. The molecule has 2 atom stereocenters. The Bertz CT molecular complexity index is 537. The van der Waals surface area contributed by atoms with Gasteiger partial charge in [0.15, 0.2) is 0 Å². The molecule has 0 aliphatic rings. The first-order valence-corrected chi connectivity index (χ1v) is 16.6. The third-order valence-electron chi connectivity index (χ3n) is 6.73. The van der Waals surface area contributed by atoms with Crippen molar-refractivity contribution in [3.05, 3.63) is 0 Å². The molecule has 252 valence electrons. The lowest BCUT2D eigenvalue weighted by Crippen LogP contribution is -2.27. The van der Waals surface area contributed by atoms with E-state index in [0.29, 0.717) is 52.7 Å². The van der Waals surface area contributed by atoms with Crippen LogP contribution in [0.5, 0.6) is 0 Å². The number of carbonyl (C=O) groups excluding carboxylic acids is 1. The number of rotatable bonds is 35. The van der Waals surface area contributed by atoms with Crippen LogP contribution in [0.4, 0.5) is 0 Å². The lowest BCUT2D eigenvalue weighted by molar-refractivity contribution is -0.145. The normalized spacial score (nSPS) is 13.0. The van der Waals surface area contributed by atoms with Crippen LogP contribution in [0, 0.1) is 0 Å². The van der Waals surface area contributed by atoms with Gasteiger partial charge in [-0.2, -0.15) is 0 Å². The van der Waals surface area contributed by atoms with E-state index in [1.165, 1.54) is 83.5 Å². The van der Waals surface area contributed by atoms with E-state index in [0.717, 1.165) is 12.8 Å². The maximum atomic E-state index is 11.8. The van der Waals surface area contributed by atoms with Crippen LogP contribution in [0.2, 0.25) is 0 Å². The number of hydrogen-bond acceptors (Lipinski definition) is 10. The van der Waals surface area contributed by atoms with Gasteiger partial charge in [-0.25, -0.2) is 0 Å². The van der Waals surface area contributed by atoms with E-state index in [-0.39, 0.29) is 39.0 Å². The molecule has 0 radical (unpaired) electrons. The first-order valence-electron chi connectivity index (χ1n) is 16.6. The van der Waals surface area contributed by atoms with Crippen molar-refractivity contribution < 1.29 is 48.5 Å². The highest BCUT2D eigenvalue weighted by Crippen LogP contribution is 2.13. The molecule has 0 bridgehead atoms. The Kier molecular flexibility index (Phi) is 33.9. The summed E-state index contributed by atoms with van der Waals surface area (Å²) in [5, 5.41) is 27.5. The maximum absolute atomic E-state index is 11.8. The van der Waals surface area contributed by atoms with Gasteiger partial charge in [0.2, 0.25) is 0 Å². The van der Waals surface area contributed by atoms with E-state index in [1.54, 1.807) is 0 Å².